The number of benzene rings is 2. The molecule has 0 saturated carbocycles. The number of aryl methyl sites for hydroxylation is 1. The van der Waals surface area contributed by atoms with Crippen LogP contribution in [0.4, 0.5) is 0 Å². The molecular weight excluding hydrogens is 412 g/mol. The Morgan fingerprint density at radius 1 is 0.806 bits per heavy atom. The van der Waals surface area contributed by atoms with Crippen molar-refractivity contribution < 1.29 is 17.4 Å². The van der Waals surface area contributed by atoms with Crippen molar-refractivity contribution in [2.24, 2.45) is 0 Å². The number of hydrogen-bond donors (Lipinski definition) is 1. The van der Waals surface area contributed by atoms with Crippen LogP contribution in [0.5, 0.6) is 0 Å². The third-order valence-corrected chi connectivity index (χ3v) is 6.82. The minimum atomic E-state index is -4.57. The van der Waals surface area contributed by atoms with Crippen molar-refractivity contribution in [3.8, 4) is 0 Å². The van der Waals surface area contributed by atoms with E-state index >= 15 is 0 Å². The van der Waals surface area contributed by atoms with Gasteiger partial charge in [0.15, 0.2) is 0 Å². The molecular formula is C25H32O5S. The Morgan fingerprint density at radius 2 is 1.42 bits per heavy atom. The Labute approximate surface area is 184 Å². The van der Waals surface area contributed by atoms with Crippen LogP contribution in [0.3, 0.4) is 0 Å². The second kappa shape index (κ2) is 10.9. The summed E-state index contributed by atoms with van der Waals surface area (Å²) in [5, 5.41) is 0.238. The number of fused-ring (bicyclic) bond motifs is 2. The van der Waals surface area contributed by atoms with Gasteiger partial charge in [-0.05, 0) is 36.6 Å². The number of rotatable bonds is 12. The maximum Gasteiger partial charge on any atom is 0.295 e. The van der Waals surface area contributed by atoms with E-state index in [4.69, 9.17) is 4.42 Å². The van der Waals surface area contributed by atoms with Crippen LogP contribution in [0.15, 0.2) is 50.5 Å². The quantitative estimate of drug-likeness (QED) is 0.192. The highest BCUT2D eigenvalue weighted by atomic mass is 32.2. The van der Waals surface area contributed by atoms with Gasteiger partial charge >= 0.3 is 0 Å². The van der Waals surface area contributed by atoms with Gasteiger partial charge in [0.2, 0.25) is 5.43 Å². The van der Waals surface area contributed by atoms with Crippen molar-refractivity contribution in [1.82, 2.24) is 0 Å². The van der Waals surface area contributed by atoms with E-state index in [1.807, 2.05) is 0 Å². The first-order valence-electron chi connectivity index (χ1n) is 11.4. The fraction of sp³-hybridized carbons (Fsp3) is 0.480. The second-order valence-electron chi connectivity index (χ2n) is 8.26. The zero-order valence-corrected chi connectivity index (χ0v) is 19.0. The molecule has 1 heterocycles. The summed E-state index contributed by atoms with van der Waals surface area (Å²) >= 11 is 0. The molecule has 0 fully saturated rings. The Kier molecular flexibility index (Phi) is 8.27. The van der Waals surface area contributed by atoms with Crippen molar-refractivity contribution in [3.63, 3.8) is 0 Å². The smallest absolute Gasteiger partial charge is 0.295 e. The second-order valence-corrected chi connectivity index (χ2v) is 9.62. The fourth-order valence-corrected chi connectivity index (χ4v) is 5.15. The van der Waals surface area contributed by atoms with Gasteiger partial charge in [-0.25, -0.2) is 0 Å². The van der Waals surface area contributed by atoms with Gasteiger partial charge in [0.1, 0.15) is 16.1 Å². The normalized spacial score (nSPS) is 12.1. The summed E-state index contributed by atoms with van der Waals surface area (Å²) in [6.07, 6.45) is 12.3. The van der Waals surface area contributed by atoms with E-state index < -0.39 is 15.5 Å². The largest absolute Gasteiger partial charge is 0.456 e. The summed E-state index contributed by atoms with van der Waals surface area (Å²) in [4.78, 5) is 12.7. The number of unbranched alkanes of at least 4 members (excludes halogenated alkanes) is 9. The molecule has 5 nitrogen and oxygen atoms in total. The zero-order valence-electron chi connectivity index (χ0n) is 18.2. The molecule has 0 aliphatic carbocycles. The first kappa shape index (κ1) is 23.5. The summed E-state index contributed by atoms with van der Waals surface area (Å²) in [6.45, 7) is 2.22. The Morgan fingerprint density at radius 3 is 2.06 bits per heavy atom. The monoisotopic (exact) mass is 444 g/mol. The van der Waals surface area contributed by atoms with Crippen LogP contribution >= 0.6 is 0 Å². The molecule has 168 valence electrons. The zero-order chi connectivity index (χ0) is 22.3. The SMILES string of the molecule is CCCCCCCCCCCCc1ccc2oc3ccccc3c(=O)c2c1S(=O)(=O)O. The van der Waals surface area contributed by atoms with Crippen LogP contribution in [-0.4, -0.2) is 13.0 Å². The predicted molar refractivity (Wildman–Crippen MR) is 125 cm³/mol. The van der Waals surface area contributed by atoms with Crippen LogP contribution in [0, 0.1) is 0 Å². The van der Waals surface area contributed by atoms with Gasteiger partial charge in [0, 0.05) is 0 Å². The highest BCUT2D eigenvalue weighted by Gasteiger charge is 2.23. The molecule has 31 heavy (non-hydrogen) atoms. The van der Waals surface area contributed by atoms with Gasteiger partial charge in [-0.2, -0.15) is 8.42 Å². The molecule has 0 aliphatic heterocycles. The molecule has 3 rings (SSSR count). The predicted octanol–water partition coefficient (Wildman–Crippen LogP) is 6.66. The van der Waals surface area contributed by atoms with Gasteiger partial charge in [-0.3, -0.25) is 9.35 Å². The molecule has 3 aromatic rings. The summed E-state index contributed by atoms with van der Waals surface area (Å²) < 4.78 is 40.1. The molecule has 0 bridgehead atoms. The van der Waals surface area contributed by atoms with E-state index in [1.165, 1.54) is 44.9 Å². The molecule has 1 aromatic heterocycles. The Bertz CT molecular complexity index is 1180. The van der Waals surface area contributed by atoms with Crippen molar-refractivity contribution in [2.75, 3.05) is 0 Å². The van der Waals surface area contributed by atoms with E-state index in [-0.39, 0.29) is 15.9 Å². The third kappa shape index (κ3) is 5.95. The summed E-state index contributed by atoms with van der Waals surface area (Å²) in [6, 6.07) is 10.00. The lowest BCUT2D eigenvalue weighted by Crippen LogP contribution is -2.12. The van der Waals surface area contributed by atoms with Gasteiger partial charge in [-0.15, -0.1) is 0 Å². The fourth-order valence-electron chi connectivity index (χ4n) is 4.20. The number of para-hydroxylation sites is 1. The van der Waals surface area contributed by atoms with Crippen molar-refractivity contribution >= 4 is 32.1 Å². The molecule has 0 radical (unpaired) electrons. The molecule has 0 saturated heterocycles. The van der Waals surface area contributed by atoms with Crippen LogP contribution in [0.2, 0.25) is 0 Å². The van der Waals surface area contributed by atoms with Crippen LogP contribution in [0.25, 0.3) is 21.9 Å². The standard InChI is InChI=1S/C25H32O5S/c1-2-3-4-5-6-7-8-9-10-11-14-19-17-18-22-23(25(19)31(27,28)29)24(26)20-15-12-13-16-21(20)30-22/h12-13,15-18H,2-11,14H2,1H3,(H,27,28,29). The molecule has 0 atom stereocenters. The molecule has 2 aromatic carbocycles. The summed E-state index contributed by atoms with van der Waals surface area (Å²) in [7, 11) is -4.57. The van der Waals surface area contributed by atoms with Crippen LogP contribution < -0.4 is 5.43 Å². The first-order valence-corrected chi connectivity index (χ1v) is 12.8. The Balaban J connectivity index is 1.72. The average Bonchev–Trinajstić information content (AvgIpc) is 2.74. The van der Waals surface area contributed by atoms with Crippen molar-refractivity contribution in [2.45, 2.75) is 82.4 Å². The van der Waals surface area contributed by atoms with Gasteiger partial charge in [0.05, 0.1) is 10.8 Å². The molecule has 0 aliphatic rings. The van der Waals surface area contributed by atoms with E-state index in [2.05, 4.69) is 6.92 Å². The maximum atomic E-state index is 13.0. The summed E-state index contributed by atoms with van der Waals surface area (Å²) in [5.74, 6) is 0. The lowest BCUT2D eigenvalue weighted by atomic mass is 10.0. The van der Waals surface area contributed by atoms with Crippen molar-refractivity contribution in [3.05, 3.63) is 52.2 Å². The van der Waals surface area contributed by atoms with E-state index in [1.54, 1.807) is 36.4 Å². The molecule has 6 heteroatoms. The third-order valence-electron chi connectivity index (χ3n) is 5.84. The van der Waals surface area contributed by atoms with E-state index in [0.29, 0.717) is 23.0 Å². The molecule has 1 N–H and O–H groups in total. The number of hydrogen-bond acceptors (Lipinski definition) is 4. The molecule has 0 unspecified atom stereocenters. The van der Waals surface area contributed by atoms with Gasteiger partial charge < -0.3 is 4.42 Å². The van der Waals surface area contributed by atoms with E-state index in [9.17, 15) is 17.8 Å². The van der Waals surface area contributed by atoms with E-state index in [0.717, 1.165) is 19.3 Å². The average molecular weight is 445 g/mol. The lowest BCUT2D eigenvalue weighted by Gasteiger charge is -2.11. The van der Waals surface area contributed by atoms with Crippen molar-refractivity contribution in [1.29, 1.82) is 0 Å². The minimum Gasteiger partial charge on any atom is -0.456 e. The molecule has 0 amide bonds. The highest BCUT2D eigenvalue weighted by molar-refractivity contribution is 7.86. The molecule has 0 spiro atoms. The summed E-state index contributed by atoms with van der Waals surface area (Å²) in [5.41, 5.74) is 0.596. The van der Waals surface area contributed by atoms with Gasteiger partial charge in [0.25, 0.3) is 10.1 Å². The minimum absolute atomic E-state index is 0.0641. The topological polar surface area (TPSA) is 84.6 Å². The lowest BCUT2D eigenvalue weighted by molar-refractivity contribution is 0.482. The highest BCUT2D eigenvalue weighted by Crippen LogP contribution is 2.28. The van der Waals surface area contributed by atoms with Crippen LogP contribution in [0.1, 0.15) is 76.7 Å². The van der Waals surface area contributed by atoms with Crippen LogP contribution in [-0.2, 0) is 16.5 Å². The first-order chi connectivity index (χ1) is 14.9. The maximum absolute atomic E-state index is 13.0. The Hall–Kier alpha value is -2.18. The van der Waals surface area contributed by atoms with Gasteiger partial charge in [-0.1, -0.05) is 82.9 Å².